The third kappa shape index (κ3) is 3.02. The summed E-state index contributed by atoms with van der Waals surface area (Å²) in [5.41, 5.74) is 1.60. The van der Waals surface area contributed by atoms with Gasteiger partial charge in [-0.15, -0.1) is 12.1 Å². The third-order valence-corrected chi connectivity index (χ3v) is 1.31. The Morgan fingerprint density at radius 3 is 2.09 bits per heavy atom. The Balaban J connectivity index is 0.000001000. The third-order valence-electron chi connectivity index (χ3n) is 1.31. The second-order valence-corrected chi connectivity index (χ2v) is 2.03. The van der Waals surface area contributed by atoms with Gasteiger partial charge in [0.05, 0.1) is 6.61 Å². The summed E-state index contributed by atoms with van der Waals surface area (Å²) in [5.74, 6) is 0. The molecule has 0 amide bonds. The SMILES string of the molecule is O[CH-]c1ccc(CO)cc1.[Zn]. The molecular formula is C8H9O2Zn-. The summed E-state index contributed by atoms with van der Waals surface area (Å²) in [6, 6.07) is 7.02. The van der Waals surface area contributed by atoms with Crippen molar-refractivity contribution < 1.29 is 29.7 Å². The molecule has 0 bridgehead atoms. The number of benzene rings is 1. The normalized spacial score (nSPS) is 8.55. The van der Waals surface area contributed by atoms with Crippen LogP contribution >= 0.6 is 0 Å². The molecule has 0 heterocycles. The zero-order chi connectivity index (χ0) is 7.40. The summed E-state index contributed by atoms with van der Waals surface area (Å²) in [6.07, 6.45) is 0. The van der Waals surface area contributed by atoms with Gasteiger partial charge in [0.2, 0.25) is 0 Å². The first kappa shape index (κ1) is 10.6. The van der Waals surface area contributed by atoms with Gasteiger partial charge in [0, 0.05) is 19.5 Å². The maximum Gasteiger partial charge on any atom is 0.0661 e. The molecule has 0 aliphatic heterocycles. The topological polar surface area (TPSA) is 40.5 Å². The number of hydrogen-bond donors (Lipinski definition) is 2. The molecule has 2 nitrogen and oxygen atoms in total. The summed E-state index contributed by atoms with van der Waals surface area (Å²) >= 11 is 0. The van der Waals surface area contributed by atoms with Crippen molar-refractivity contribution in [1.29, 1.82) is 0 Å². The first-order valence-electron chi connectivity index (χ1n) is 3.04. The van der Waals surface area contributed by atoms with E-state index in [-0.39, 0.29) is 26.1 Å². The van der Waals surface area contributed by atoms with Crippen molar-refractivity contribution in [2.75, 3.05) is 0 Å². The molecule has 1 rings (SSSR count). The minimum atomic E-state index is 0. The van der Waals surface area contributed by atoms with Crippen LogP contribution in [0.2, 0.25) is 0 Å². The smallest absolute Gasteiger partial charge is 0.0661 e. The van der Waals surface area contributed by atoms with Crippen LogP contribution in [0, 0.1) is 6.61 Å². The van der Waals surface area contributed by atoms with Crippen LogP contribution < -0.4 is 0 Å². The minimum Gasteiger partial charge on any atom is -0.429 e. The van der Waals surface area contributed by atoms with E-state index in [1.54, 1.807) is 24.3 Å². The van der Waals surface area contributed by atoms with Gasteiger partial charge in [-0.2, -0.15) is 17.7 Å². The van der Waals surface area contributed by atoms with Crippen molar-refractivity contribution in [2.45, 2.75) is 6.61 Å². The molecule has 0 saturated carbocycles. The van der Waals surface area contributed by atoms with E-state index >= 15 is 0 Å². The Hall–Kier alpha value is -0.367. The first-order valence-corrected chi connectivity index (χ1v) is 3.04. The van der Waals surface area contributed by atoms with Gasteiger partial charge in [-0.3, -0.25) is 0 Å². The van der Waals surface area contributed by atoms with E-state index in [2.05, 4.69) is 0 Å². The Morgan fingerprint density at radius 2 is 1.73 bits per heavy atom. The monoisotopic (exact) mass is 201 g/mol. The molecule has 1 aromatic carbocycles. The van der Waals surface area contributed by atoms with Gasteiger partial charge in [-0.05, 0) is 5.56 Å². The van der Waals surface area contributed by atoms with Crippen LogP contribution in [0.5, 0.6) is 0 Å². The molecule has 2 N–H and O–H groups in total. The fourth-order valence-corrected chi connectivity index (χ4v) is 0.709. The molecule has 0 aliphatic rings. The van der Waals surface area contributed by atoms with Crippen LogP contribution in [0.25, 0.3) is 0 Å². The van der Waals surface area contributed by atoms with Crippen molar-refractivity contribution in [3.8, 4) is 0 Å². The second kappa shape index (κ2) is 5.31. The van der Waals surface area contributed by atoms with E-state index in [1.165, 1.54) is 0 Å². The Morgan fingerprint density at radius 1 is 1.18 bits per heavy atom. The van der Waals surface area contributed by atoms with Gasteiger partial charge in [-0.25, -0.2) is 0 Å². The summed E-state index contributed by atoms with van der Waals surface area (Å²) in [6.45, 7) is 1.08. The van der Waals surface area contributed by atoms with E-state index in [9.17, 15) is 0 Å². The fraction of sp³-hybridized carbons (Fsp3) is 0.125. The molecule has 0 spiro atoms. The molecule has 3 heteroatoms. The average molecular weight is 203 g/mol. The molecular weight excluding hydrogens is 193 g/mol. The van der Waals surface area contributed by atoms with Crippen molar-refractivity contribution in [2.24, 2.45) is 0 Å². The van der Waals surface area contributed by atoms with E-state index in [1.807, 2.05) is 0 Å². The van der Waals surface area contributed by atoms with Crippen LogP contribution in [0.15, 0.2) is 24.3 Å². The number of hydrogen-bond acceptors (Lipinski definition) is 2. The van der Waals surface area contributed by atoms with Gasteiger partial charge < -0.3 is 10.2 Å². The average Bonchev–Trinajstić information content (AvgIpc) is 2.05. The van der Waals surface area contributed by atoms with Gasteiger partial charge in [-0.1, -0.05) is 6.61 Å². The van der Waals surface area contributed by atoms with Crippen LogP contribution in [0.1, 0.15) is 11.1 Å². The predicted octanol–water partition coefficient (Wildman–Crippen LogP) is 1.06. The molecule has 0 fully saturated rings. The van der Waals surface area contributed by atoms with Crippen molar-refractivity contribution in [3.05, 3.63) is 42.0 Å². The molecule has 0 unspecified atom stereocenters. The summed E-state index contributed by atoms with van der Waals surface area (Å²) in [5, 5.41) is 17.1. The largest absolute Gasteiger partial charge is 0.429 e. The molecule has 1 aromatic rings. The number of aliphatic hydroxyl groups excluding tert-OH is 2. The molecule has 0 aromatic heterocycles. The van der Waals surface area contributed by atoms with Gasteiger partial charge in [0.25, 0.3) is 0 Å². The molecule has 0 saturated heterocycles. The Labute approximate surface area is 78.6 Å². The first-order chi connectivity index (χ1) is 4.86. The molecule has 56 valence electrons. The van der Waals surface area contributed by atoms with Gasteiger partial charge in [0.1, 0.15) is 0 Å². The maximum atomic E-state index is 8.63. The van der Waals surface area contributed by atoms with E-state index in [0.717, 1.165) is 17.7 Å². The predicted molar refractivity (Wildman–Crippen MR) is 37.7 cm³/mol. The number of aliphatic hydroxyl groups is 2. The fourth-order valence-electron chi connectivity index (χ4n) is 0.709. The van der Waals surface area contributed by atoms with Gasteiger partial charge >= 0.3 is 0 Å². The summed E-state index contributed by atoms with van der Waals surface area (Å²) in [7, 11) is 0. The standard InChI is InChI=1S/C8H9O2.Zn/c9-5-7-1-2-8(6-10)4-3-7;/h1-5,9-10H,6H2;/q-1;. The van der Waals surface area contributed by atoms with E-state index in [4.69, 9.17) is 10.2 Å². The Kier molecular flexibility index (Phi) is 5.13. The van der Waals surface area contributed by atoms with Crippen LogP contribution in [0.3, 0.4) is 0 Å². The zero-order valence-electron chi connectivity index (χ0n) is 6.20. The van der Waals surface area contributed by atoms with E-state index < -0.39 is 0 Å². The molecule has 11 heavy (non-hydrogen) atoms. The minimum absolute atomic E-state index is 0. The maximum absolute atomic E-state index is 8.63. The van der Waals surface area contributed by atoms with Crippen LogP contribution in [-0.4, -0.2) is 10.2 Å². The van der Waals surface area contributed by atoms with Crippen molar-refractivity contribution in [3.63, 3.8) is 0 Å². The second-order valence-electron chi connectivity index (χ2n) is 2.03. The summed E-state index contributed by atoms with van der Waals surface area (Å²) in [4.78, 5) is 0. The Bertz CT molecular complexity index is 173. The van der Waals surface area contributed by atoms with Crippen LogP contribution in [-0.2, 0) is 26.1 Å². The van der Waals surface area contributed by atoms with Crippen molar-refractivity contribution in [1.82, 2.24) is 0 Å². The van der Waals surface area contributed by atoms with Gasteiger partial charge in [0.15, 0.2) is 0 Å². The molecule has 0 aliphatic carbocycles. The quantitative estimate of drug-likeness (QED) is 0.556. The van der Waals surface area contributed by atoms with Crippen molar-refractivity contribution >= 4 is 0 Å². The molecule has 0 radical (unpaired) electrons. The van der Waals surface area contributed by atoms with E-state index in [0.29, 0.717) is 0 Å². The number of rotatable bonds is 2. The summed E-state index contributed by atoms with van der Waals surface area (Å²) < 4.78 is 0. The molecule has 0 atom stereocenters. The van der Waals surface area contributed by atoms with Crippen LogP contribution in [0.4, 0.5) is 0 Å². The zero-order valence-corrected chi connectivity index (χ0v) is 9.16.